The molecule has 6 heteroatoms. The van der Waals surface area contributed by atoms with Crippen molar-refractivity contribution < 1.29 is 22.6 Å². The molecule has 110 valence electrons. The summed E-state index contributed by atoms with van der Waals surface area (Å²) in [5, 5.41) is 8.67. The lowest BCUT2D eigenvalue weighted by atomic mass is 10.1. The first kappa shape index (κ1) is 16.3. The average Bonchev–Trinajstić information content (AvgIpc) is 2.32. The molecule has 0 unspecified atom stereocenters. The summed E-state index contributed by atoms with van der Waals surface area (Å²) in [4.78, 5) is 0. The van der Waals surface area contributed by atoms with Gasteiger partial charge in [0.15, 0.2) is 0 Å². The van der Waals surface area contributed by atoms with Crippen molar-refractivity contribution in [3.8, 4) is 11.8 Å². The molecule has 1 rings (SSSR count). The van der Waals surface area contributed by atoms with Gasteiger partial charge in [-0.1, -0.05) is 0 Å². The summed E-state index contributed by atoms with van der Waals surface area (Å²) in [7, 11) is 0. The monoisotopic (exact) mass is 287 g/mol. The summed E-state index contributed by atoms with van der Waals surface area (Å²) >= 11 is 0. The minimum Gasteiger partial charge on any atom is -0.491 e. The number of rotatable bonds is 4. The zero-order valence-electron chi connectivity index (χ0n) is 11.5. The fourth-order valence-corrected chi connectivity index (χ4v) is 1.45. The Kier molecular flexibility index (Phi) is 5.01. The van der Waals surface area contributed by atoms with Gasteiger partial charge in [-0.2, -0.15) is 18.4 Å². The van der Waals surface area contributed by atoms with Gasteiger partial charge in [0, 0.05) is 0 Å². The van der Waals surface area contributed by atoms with E-state index >= 15 is 0 Å². The van der Waals surface area contributed by atoms with Crippen LogP contribution in [0.3, 0.4) is 0 Å². The molecule has 0 bridgehead atoms. The first-order valence-corrected chi connectivity index (χ1v) is 6.01. The van der Waals surface area contributed by atoms with Crippen LogP contribution in [0.4, 0.5) is 13.2 Å². The summed E-state index contributed by atoms with van der Waals surface area (Å²) in [5.41, 5.74) is -1.74. The second-order valence-electron chi connectivity index (χ2n) is 5.13. The van der Waals surface area contributed by atoms with Gasteiger partial charge in [-0.3, -0.25) is 0 Å². The van der Waals surface area contributed by atoms with Gasteiger partial charge in [0.05, 0.1) is 29.4 Å². The van der Waals surface area contributed by atoms with Gasteiger partial charge >= 0.3 is 6.18 Å². The maximum Gasteiger partial charge on any atom is 0.417 e. The number of benzene rings is 1. The van der Waals surface area contributed by atoms with Crippen LogP contribution in [-0.2, 0) is 10.9 Å². The lowest BCUT2D eigenvalue weighted by molar-refractivity contribution is -0.137. The number of hydrogen-bond donors (Lipinski definition) is 0. The molecule has 0 aliphatic heterocycles. The molecule has 1 aromatic carbocycles. The molecule has 0 saturated heterocycles. The van der Waals surface area contributed by atoms with E-state index in [0.29, 0.717) is 0 Å². The highest BCUT2D eigenvalue weighted by Gasteiger charge is 2.34. The Balaban J connectivity index is 2.72. The highest BCUT2D eigenvalue weighted by Crippen LogP contribution is 2.34. The van der Waals surface area contributed by atoms with Crippen molar-refractivity contribution in [3.63, 3.8) is 0 Å². The molecule has 0 amide bonds. The van der Waals surface area contributed by atoms with Crippen LogP contribution < -0.4 is 4.74 Å². The Morgan fingerprint density at radius 2 is 1.80 bits per heavy atom. The van der Waals surface area contributed by atoms with Crippen LogP contribution >= 0.6 is 0 Å². The maximum atomic E-state index is 12.7. The molecule has 0 heterocycles. The van der Waals surface area contributed by atoms with Crippen LogP contribution in [0.1, 0.15) is 31.9 Å². The highest BCUT2D eigenvalue weighted by atomic mass is 19.4. The molecule has 1 aromatic rings. The van der Waals surface area contributed by atoms with Gasteiger partial charge in [-0.15, -0.1) is 0 Å². The minimum absolute atomic E-state index is 0.0637. The molecule has 20 heavy (non-hydrogen) atoms. The van der Waals surface area contributed by atoms with Gasteiger partial charge in [0.1, 0.15) is 12.4 Å². The molecule has 0 N–H and O–H groups in total. The lowest BCUT2D eigenvalue weighted by Gasteiger charge is -2.19. The Morgan fingerprint density at radius 3 is 2.30 bits per heavy atom. The van der Waals surface area contributed by atoms with Gasteiger partial charge in [-0.25, -0.2) is 0 Å². The first-order chi connectivity index (χ1) is 9.13. The van der Waals surface area contributed by atoms with Gasteiger partial charge in [-0.05, 0) is 39.0 Å². The van der Waals surface area contributed by atoms with E-state index in [1.54, 1.807) is 0 Å². The van der Waals surface area contributed by atoms with E-state index < -0.39 is 17.3 Å². The molecule has 0 aromatic heterocycles. The maximum absolute atomic E-state index is 12.7. The van der Waals surface area contributed by atoms with Crippen molar-refractivity contribution in [2.24, 2.45) is 0 Å². The summed E-state index contributed by atoms with van der Waals surface area (Å²) in [5.74, 6) is 0.0637. The minimum atomic E-state index is -4.58. The molecular weight excluding hydrogens is 271 g/mol. The van der Waals surface area contributed by atoms with Crippen LogP contribution in [0.25, 0.3) is 0 Å². The zero-order valence-corrected chi connectivity index (χ0v) is 11.5. The highest BCUT2D eigenvalue weighted by molar-refractivity contribution is 5.44. The molecule has 3 nitrogen and oxygen atoms in total. The standard InChI is InChI=1S/C14H16F3NO2/c1-13(2,3)20-7-6-19-11-5-4-10(9-18)12(8-11)14(15,16)17/h4-5,8H,6-7H2,1-3H3. The van der Waals surface area contributed by atoms with Crippen molar-refractivity contribution in [1.29, 1.82) is 5.26 Å². The normalized spacial score (nSPS) is 12.1. The fraction of sp³-hybridized carbons (Fsp3) is 0.500. The number of nitrogens with zero attached hydrogens (tertiary/aromatic N) is 1. The third kappa shape index (κ3) is 5.10. The van der Waals surface area contributed by atoms with E-state index in [0.717, 1.165) is 12.1 Å². The van der Waals surface area contributed by atoms with Gasteiger partial charge in [0.25, 0.3) is 0 Å². The van der Waals surface area contributed by atoms with E-state index in [2.05, 4.69) is 0 Å². The molecule has 0 fully saturated rings. The van der Waals surface area contributed by atoms with Crippen LogP contribution in [0.5, 0.6) is 5.75 Å². The molecule has 0 radical (unpaired) electrons. The Bertz CT molecular complexity index is 499. The number of alkyl halides is 3. The van der Waals surface area contributed by atoms with Crippen molar-refractivity contribution in [1.82, 2.24) is 0 Å². The number of halogens is 3. The van der Waals surface area contributed by atoms with Gasteiger partial charge < -0.3 is 9.47 Å². The largest absolute Gasteiger partial charge is 0.491 e. The van der Waals surface area contributed by atoms with Crippen molar-refractivity contribution >= 4 is 0 Å². The van der Waals surface area contributed by atoms with Crippen LogP contribution in [0.15, 0.2) is 18.2 Å². The molecule has 0 atom stereocenters. The molecule has 0 spiro atoms. The fourth-order valence-electron chi connectivity index (χ4n) is 1.45. The number of hydrogen-bond acceptors (Lipinski definition) is 3. The topological polar surface area (TPSA) is 42.2 Å². The summed E-state index contributed by atoms with van der Waals surface area (Å²) in [6.07, 6.45) is -4.58. The lowest BCUT2D eigenvalue weighted by Crippen LogP contribution is -2.22. The summed E-state index contributed by atoms with van der Waals surface area (Å²) < 4.78 is 48.8. The quantitative estimate of drug-likeness (QED) is 0.792. The van der Waals surface area contributed by atoms with Crippen molar-refractivity contribution in [2.75, 3.05) is 13.2 Å². The predicted molar refractivity (Wildman–Crippen MR) is 67.4 cm³/mol. The smallest absolute Gasteiger partial charge is 0.417 e. The van der Waals surface area contributed by atoms with E-state index in [1.807, 2.05) is 20.8 Å². The third-order valence-electron chi connectivity index (χ3n) is 2.30. The Labute approximate surface area is 115 Å². The van der Waals surface area contributed by atoms with Crippen molar-refractivity contribution in [2.45, 2.75) is 32.5 Å². The van der Waals surface area contributed by atoms with E-state index in [-0.39, 0.29) is 24.6 Å². The first-order valence-electron chi connectivity index (χ1n) is 6.01. The third-order valence-corrected chi connectivity index (χ3v) is 2.30. The van der Waals surface area contributed by atoms with Gasteiger partial charge in [0.2, 0.25) is 0 Å². The van der Waals surface area contributed by atoms with E-state index in [1.165, 1.54) is 12.1 Å². The zero-order chi connectivity index (χ0) is 15.4. The van der Waals surface area contributed by atoms with Crippen LogP contribution in [0.2, 0.25) is 0 Å². The average molecular weight is 287 g/mol. The Hall–Kier alpha value is -1.74. The number of nitriles is 1. The molecule has 0 aliphatic carbocycles. The summed E-state index contributed by atoms with van der Waals surface area (Å²) in [6.45, 7) is 6.02. The molecule has 0 saturated carbocycles. The summed E-state index contributed by atoms with van der Waals surface area (Å²) in [6, 6.07) is 4.78. The molecule has 0 aliphatic rings. The number of ether oxygens (including phenoxy) is 2. The second-order valence-corrected chi connectivity index (χ2v) is 5.13. The van der Waals surface area contributed by atoms with E-state index in [9.17, 15) is 13.2 Å². The van der Waals surface area contributed by atoms with Crippen molar-refractivity contribution in [3.05, 3.63) is 29.3 Å². The Morgan fingerprint density at radius 1 is 1.15 bits per heavy atom. The van der Waals surface area contributed by atoms with Crippen LogP contribution in [0, 0.1) is 11.3 Å². The molecular formula is C14H16F3NO2. The second kappa shape index (κ2) is 6.14. The van der Waals surface area contributed by atoms with Crippen LogP contribution in [-0.4, -0.2) is 18.8 Å². The SMILES string of the molecule is CC(C)(C)OCCOc1ccc(C#N)c(C(F)(F)F)c1. The van der Waals surface area contributed by atoms with E-state index in [4.69, 9.17) is 14.7 Å². The predicted octanol–water partition coefficient (Wildman–Crippen LogP) is 3.77.